The Bertz CT molecular complexity index is 1400. The zero-order valence-electron chi connectivity index (χ0n) is 23.1. The van der Waals surface area contributed by atoms with Gasteiger partial charge in [0.05, 0.1) is 36.7 Å². The molecule has 16 heteroatoms. The number of nitrogens with one attached hydrogen (secondary N) is 3. The average Bonchev–Trinajstić information content (AvgIpc) is 3.58. The van der Waals surface area contributed by atoms with Crippen molar-refractivity contribution in [1.82, 2.24) is 35.6 Å². The standard InChI is InChI=1S/C21H22F5N7O2.C6H10F2/c22-20(23)5-3-13(20)11-33-29-9-16(32-33)19(35)28-10-17-30-14-2-1-12(7-15(14)31-17)8-27-18(34)4-6-21(24,25)26;7-6(8)4-2-1-3-5-6/h1-2,7,9,13H,3-6,8,10-11H2,(H,27,34)(H,28,35)(H,30,31);1-5H2. The Hall–Kier alpha value is -3.72. The number of hydrogen-bond donors (Lipinski definition) is 3. The molecule has 1 aromatic carbocycles. The number of imidazole rings is 1. The maximum Gasteiger partial charge on any atom is 0.389 e. The van der Waals surface area contributed by atoms with Crippen LogP contribution in [0.2, 0.25) is 0 Å². The van der Waals surface area contributed by atoms with E-state index in [9.17, 15) is 40.3 Å². The molecule has 2 aromatic heterocycles. The van der Waals surface area contributed by atoms with Crippen molar-refractivity contribution in [2.75, 3.05) is 0 Å². The minimum Gasteiger partial charge on any atom is -0.352 e. The Kier molecular flexibility index (Phi) is 9.95. The van der Waals surface area contributed by atoms with Gasteiger partial charge < -0.3 is 15.6 Å². The van der Waals surface area contributed by atoms with Crippen LogP contribution >= 0.6 is 0 Å². The van der Waals surface area contributed by atoms with E-state index in [2.05, 4.69) is 30.8 Å². The number of H-pyrrole nitrogens is 1. The van der Waals surface area contributed by atoms with Gasteiger partial charge >= 0.3 is 6.18 Å². The second-order valence-electron chi connectivity index (χ2n) is 10.8. The maximum absolute atomic E-state index is 13.4. The minimum absolute atomic E-state index is 0.00713. The third-order valence-electron chi connectivity index (χ3n) is 7.30. The molecule has 2 aliphatic carbocycles. The summed E-state index contributed by atoms with van der Waals surface area (Å²) in [6, 6.07) is 5.05. The molecule has 9 nitrogen and oxygen atoms in total. The summed E-state index contributed by atoms with van der Waals surface area (Å²) in [7, 11) is 0. The Morgan fingerprint density at radius 2 is 1.77 bits per heavy atom. The van der Waals surface area contributed by atoms with Crippen LogP contribution in [0.5, 0.6) is 0 Å². The van der Waals surface area contributed by atoms with Crippen LogP contribution in [0.25, 0.3) is 11.0 Å². The van der Waals surface area contributed by atoms with Crippen molar-refractivity contribution < 1.29 is 40.3 Å². The molecule has 2 amide bonds. The highest BCUT2D eigenvalue weighted by Gasteiger charge is 2.48. The smallest absolute Gasteiger partial charge is 0.352 e. The number of aromatic amines is 1. The molecule has 1 unspecified atom stereocenters. The van der Waals surface area contributed by atoms with Gasteiger partial charge in [-0.1, -0.05) is 12.5 Å². The fourth-order valence-electron chi connectivity index (χ4n) is 4.65. The lowest BCUT2D eigenvalue weighted by Crippen LogP contribution is -2.41. The second kappa shape index (κ2) is 13.3. The third kappa shape index (κ3) is 9.64. The predicted octanol–water partition coefficient (Wildman–Crippen LogP) is 5.67. The normalized spacial score (nSPS) is 19.2. The molecule has 2 fully saturated rings. The fraction of sp³-hybridized carbons (Fsp3) is 0.593. The molecule has 1 atom stereocenters. The summed E-state index contributed by atoms with van der Waals surface area (Å²) >= 11 is 0. The molecule has 3 aromatic rings. The zero-order chi connectivity index (χ0) is 31.3. The van der Waals surface area contributed by atoms with E-state index in [4.69, 9.17) is 0 Å². The van der Waals surface area contributed by atoms with E-state index in [1.165, 1.54) is 6.20 Å². The van der Waals surface area contributed by atoms with Crippen LogP contribution < -0.4 is 10.6 Å². The van der Waals surface area contributed by atoms with E-state index < -0.39 is 48.6 Å². The Balaban J connectivity index is 0.000000458. The van der Waals surface area contributed by atoms with E-state index >= 15 is 0 Å². The number of aromatic nitrogens is 5. The largest absolute Gasteiger partial charge is 0.389 e. The molecule has 0 bridgehead atoms. The first-order chi connectivity index (χ1) is 20.2. The Labute approximate surface area is 242 Å². The second-order valence-corrected chi connectivity index (χ2v) is 10.8. The molecule has 236 valence electrons. The molecule has 2 saturated carbocycles. The number of benzene rings is 1. The minimum atomic E-state index is -4.39. The number of hydrogen-bond acceptors (Lipinski definition) is 5. The summed E-state index contributed by atoms with van der Waals surface area (Å²) in [5, 5.41) is 12.9. The quantitative estimate of drug-likeness (QED) is 0.267. The first kappa shape index (κ1) is 32.2. The number of amides is 2. The van der Waals surface area contributed by atoms with Crippen molar-refractivity contribution in [2.45, 2.75) is 95.4 Å². The van der Waals surface area contributed by atoms with Crippen LogP contribution in [-0.4, -0.2) is 54.8 Å². The van der Waals surface area contributed by atoms with Crippen LogP contribution in [0.4, 0.5) is 30.7 Å². The summed E-state index contributed by atoms with van der Waals surface area (Å²) in [4.78, 5) is 32.4. The summed E-state index contributed by atoms with van der Waals surface area (Å²) in [6.45, 7) is 0.0275. The van der Waals surface area contributed by atoms with Crippen LogP contribution in [0, 0.1) is 5.92 Å². The van der Waals surface area contributed by atoms with Crippen molar-refractivity contribution in [3.05, 3.63) is 41.5 Å². The Morgan fingerprint density at radius 3 is 2.37 bits per heavy atom. The predicted molar refractivity (Wildman–Crippen MR) is 140 cm³/mol. The van der Waals surface area contributed by atoms with Crippen LogP contribution in [0.3, 0.4) is 0 Å². The third-order valence-corrected chi connectivity index (χ3v) is 7.30. The lowest BCUT2D eigenvalue weighted by atomic mass is 9.81. The van der Waals surface area contributed by atoms with Crippen molar-refractivity contribution >= 4 is 22.8 Å². The fourth-order valence-corrected chi connectivity index (χ4v) is 4.65. The van der Waals surface area contributed by atoms with Crippen molar-refractivity contribution in [2.24, 2.45) is 5.92 Å². The van der Waals surface area contributed by atoms with Gasteiger partial charge in [-0.2, -0.15) is 23.1 Å². The van der Waals surface area contributed by atoms with Crippen LogP contribution in [0.15, 0.2) is 24.4 Å². The number of carbonyl (C=O) groups excluding carboxylic acids is 2. The van der Waals surface area contributed by atoms with Gasteiger partial charge in [-0.05, 0) is 37.0 Å². The molecule has 2 heterocycles. The van der Waals surface area contributed by atoms with Gasteiger partial charge in [0, 0.05) is 38.1 Å². The molecular weight excluding hydrogens is 587 g/mol. The van der Waals surface area contributed by atoms with Crippen molar-refractivity contribution in [1.29, 1.82) is 0 Å². The number of alkyl halides is 7. The lowest BCUT2D eigenvalue weighted by Gasteiger charge is -2.35. The van der Waals surface area contributed by atoms with Gasteiger partial charge in [0.15, 0.2) is 5.69 Å². The van der Waals surface area contributed by atoms with E-state index in [-0.39, 0.29) is 44.6 Å². The van der Waals surface area contributed by atoms with Gasteiger partial charge in [-0.25, -0.2) is 22.5 Å². The first-order valence-electron chi connectivity index (χ1n) is 13.9. The molecule has 2 aliphatic rings. The molecule has 0 radical (unpaired) electrons. The van der Waals surface area contributed by atoms with Gasteiger partial charge in [-0.3, -0.25) is 9.59 Å². The number of rotatable bonds is 9. The van der Waals surface area contributed by atoms with E-state index in [0.717, 1.165) is 11.2 Å². The molecule has 5 rings (SSSR count). The SMILES string of the molecule is FC1(F)CCCCC1.O=C(CCC(F)(F)F)NCc1ccc2nc(CNC(=O)c3cnn(CC4CCC4(F)F)n3)[nH]c2c1. The van der Waals surface area contributed by atoms with Crippen molar-refractivity contribution in [3.63, 3.8) is 0 Å². The van der Waals surface area contributed by atoms with Gasteiger partial charge in [-0.15, -0.1) is 5.10 Å². The molecule has 3 N–H and O–H groups in total. The maximum atomic E-state index is 13.4. The highest BCUT2D eigenvalue weighted by molar-refractivity contribution is 5.91. The summed E-state index contributed by atoms with van der Waals surface area (Å²) < 4.78 is 87.8. The summed E-state index contributed by atoms with van der Waals surface area (Å²) in [5.74, 6) is -6.69. The molecule has 43 heavy (non-hydrogen) atoms. The average molecular weight is 620 g/mol. The number of fused-ring (bicyclic) bond motifs is 1. The number of nitrogens with zero attached hydrogens (tertiary/aromatic N) is 4. The van der Waals surface area contributed by atoms with Gasteiger partial charge in [0.1, 0.15) is 5.82 Å². The number of halogens is 7. The summed E-state index contributed by atoms with van der Waals surface area (Å²) in [5.41, 5.74) is 1.86. The lowest BCUT2D eigenvalue weighted by molar-refractivity contribution is -0.144. The molecule has 0 aliphatic heterocycles. The van der Waals surface area contributed by atoms with Crippen LogP contribution in [0.1, 0.15) is 79.7 Å². The monoisotopic (exact) mass is 619 g/mol. The molecular formula is C27H32F7N7O2. The number of carbonyl (C=O) groups is 2. The highest BCUT2D eigenvalue weighted by atomic mass is 19.4. The van der Waals surface area contributed by atoms with E-state index in [0.29, 0.717) is 41.7 Å². The van der Waals surface area contributed by atoms with Gasteiger partial charge in [0.25, 0.3) is 11.8 Å². The van der Waals surface area contributed by atoms with E-state index in [1.54, 1.807) is 18.2 Å². The molecule has 0 spiro atoms. The topological polar surface area (TPSA) is 118 Å². The van der Waals surface area contributed by atoms with Crippen LogP contribution in [-0.2, 0) is 24.4 Å². The van der Waals surface area contributed by atoms with Gasteiger partial charge in [0.2, 0.25) is 11.8 Å². The molecule has 0 saturated heterocycles. The zero-order valence-corrected chi connectivity index (χ0v) is 23.1. The summed E-state index contributed by atoms with van der Waals surface area (Å²) in [6.07, 6.45) is -2.10. The van der Waals surface area contributed by atoms with Crippen molar-refractivity contribution in [3.8, 4) is 0 Å². The highest BCUT2D eigenvalue weighted by Crippen LogP contribution is 2.44. The first-order valence-corrected chi connectivity index (χ1v) is 13.9. The Morgan fingerprint density at radius 1 is 1.02 bits per heavy atom. The van der Waals surface area contributed by atoms with E-state index in [1.807, 2.05) is 0 Å².